The summed E-state index contributed by atoms with van der Waals surface area (Å²) in [6.07, 6.45) is 0. The highest BCUT2D eigenvalue weighted by atomic mass is 28.3. The first-order chi connectivity index (χ1) is 9.54. The number of para-hydroxylation sites is 1. The molecule has 0 aliphatic heterocycles. The highest BCUT2D eigenvalue weighted by molar-refractivity contribution is 6.83. The predicted octanol–water partition coefficient (Wildman–Crippen LogP) is 4.49. The molecule has 0 aromatic heterocycles. The molecule has 0 unspecified atom stereocenters. The molecule has 0 saturated heterocycles. The van der Waals surface area contributed by atoms with Crippen LogP contribution in [0.4, 0.5) is 0 Å². The second-order valence-corrected chi connectivity index (χ2v) is 10.5. The van der Waals surface area contributed by atoms with Gasteiger partial charge >= 0.3 is 0 Å². The van der Waals surface area contributed by atoms with Crippen LogP contribution in [0.1, 0.15) is 11.1 Å². The van der Waals surface area contributed by atoms with E-state index in [2.05, 4.69) is 43.2 Å². The second kappa shape index (κ2) is 6.45. The van der Waals surface area contributed by atoms with Crippen LogP contribution in [0.25, 0.3) is 0 Å². The molecule has 0 saturated carbocycles. The normalized spacial score (nSPS) is 10.6. The minimum absolute atomic E-state index is 0.576. The molecule has 0 bridgehead atoms. The van der Waals surface area contributed by atoms with Gasteiger partial charge in [0, 0.05) is 0 Å². The van der Waals surface area contributed by atoms with Crippen LogP contribution in [0, 0.1) is 11.5 Å². The molecule has 0 radical (unpaired) electrons. The van der Waals surface area contributed by atoms with Crippen LogP contribution in [-0.4, -0.2) is 8.07 Å². The molecule has 0 amide bonds. The molecule has 2 aromatic carbocycles. The SMILES string of the molecule is C[Si](C)(C)C#Cc1ccccc1OCc1ccccc1. The minimum Gasteiger partial charge on any atom is -0.488 e. The highest BCUT2D eigenvalue weighted by Crippen LogP contribution is 2.18. The van der Waals surface area contributed by atoms with E-state index in [0.717, 1.165) is 11.3 Å². The van der Waals surface area contributed by atoms with Gasteiger partial charge in [0.25, 0.3) is 0 Å². The standard InChI is InChI=1S/C18H20OSi/c1-20(2,3)14-13-17-11-7-8-12-18(17)19-15-16-9-5-4-6-10-16/h4-12H,15H2,1-3H3. The van der Waals surface area contributed by atoms with E-state index in [1.165, 1.54) is 5.56 Å². The third-order valence-corrected chi connectivity index (χ3v) is 3.57. The fourth-order valence-corrected chi connectivity index (χ4v) is 2.20. The van der Waals surface area contributed by atoms with Crippen LogP contribution in [0.5, 0.6) is 5.75 Å². The second-order valence-electron chi connectivity index (χ2n) is 5.77. The molecular formula is C18H20OSi. The predicted molar refractivity (Wildman–Crippen MR) is 87.4 cm³/mol. The molecule has 0 fully saturated rings. The van der Waals surface area contributed by atoms with Crippen LogP contribution < -0.4 is 4.74 Å². The molecule has 0 atom stereocenters. The van der Waals surface area contributed by atoms with Crippen molar-refractivity contribution in [2.75, 3.05) is 0 Å². The Morgan fingerprint density at radius 3 is 2.25 bits per heavy atom. The van der Waals surface area contributed by atoms with Gasteiger partial charge in [0.1, 0.15) is 20.4 Å². The van der Waals surface area contributed by atoms with E-state index in [4.69, 9.17) is 4.74 Å². The largest absolute Gasteiger partial charge is 0.488 e. The first-order valence-electron chi connectivity index (χ1n) is 6.83. The van der Waals surface area contributed by atoms with Gasteiger partial charge in [-0.2, -0.15) is 0 Å². The third kappa shape index (κ3) is 4.60. The van der Waals surface area contributed by atoms with Crippen molar-refractivity contribution < 1.29 is 4.74 Å². The van der Waals surface area contributed by atoms with Crippen LogP contribution in [0.3, 0.4) is 0 Å². The quantitative estimate of drug-likeness (QED) is 0.594. The van der Waals surface area contributed by atoms with Crippen LogP contribution in [-0.2, 0) is 6.61 Å². The highest BCUT2D eigenvalue weighted by Gasteiger charge is 2.08. The average Bonchev–Trinajstić information content (AvgIpc) is 2.44. The summed E-state index contributed by atoms with van der Waals surface area (Å²) in [6.45, 7) is 7.31. The molecule has 0 N–H and O–H groups in total. The van der Waals surface area contributed by atoms with E-state index < -0.39 is 8.07 Å². The number of benzene rings is 2. The summed E-state index contributed by atoms with van der Waals surface area (Å²) >= 11 is 0. The van der Waals surface area contributed by atoms with E-state index >= 15 is 0 Å². The van der Waals surface area contributed by atoms with E-state index in [-0.39, 0.29) is 0 Å². The number of hydrogen-bond donors (Lipinski definition) is 0. The fraction of sp³-hybridized carbons (Fsp3) is 0.222. The van der Waals surface area contributed by atoms with Gasteiger partial charge < -0.3 is 4.74 Å². The van der Waals surface area contributed by atoms with Crippen molar-refractivity contribution in [2.45, 2.75) is 26.2 Å². The van der Waals surface area contributed by atoms with Crippen LogP contribution in [0.15, 0.2) is 54.6 Å². The summed E-state index contributed by atoms with van der Waals surface area (Å²) in [4.78, 5) is 0. The van der Waals surface area contributed by atoms with Crippen LogP contribution in [0.2, 0.25) is 19.6 Å². The molecule has 0 heterocycles. The maximum absolute atomic E-state index is 5.90. The Labute approximate surface area is 122 Å². The molecule has 2 heteroatoms. The Bertz CT molecular complexity index is 615. The average molecular weight is 280 g/mol. The van der Waals surface area contributed by atoms with Gasteiger partial charge in [0.15, 0.2) is 0 Å². The van der Waals surface area contributed by atoms with Gasteiger partial charge in [0.2, 0.25) is 0 Å². The van der Waals surface area contributed by atoms with Gasteiger partial charge in [-0.15, -0.1) is 5.54 Å². The van der Waals surface area contributed by atoms with Crippen molar-refractivity contribution >= 4 is 8.07 Å². The lowest BCUT2D eigenvalue weighted by atomic mass is 10.2. The summed E-state index contributed by atoms with van der Waals surface area (Å²) in [5.41, 5.74) is 5.53. The molecule has 0 aliphatic carbocycles. The topological polar surface area (TPSA) is 9.23 Å². The Kier molecular flexibility index (Phi) is 4.65. The lowest BCUT2D eigenvalue weighted by Gasteiger charge is -2.09. The molecule has 0 aliphatic rings. The minimum atomic E-state index is -1.37. The van der Waals surface area contributed by atoms with Gasteiger partial charge in [-0.1, -0.05) is 68.0 Å². The zero-order valence-corrected chi connectivity index (χ0v) is 13.3. The first kappa shape index (κ1) is 14.4. The summed E-state index contributed by atoms with van der Waals surface area (Å²) < 4.78 is 5.90. The summed E-state index contributed by atoms with van der Waals surface area (Å²) in [5, 5.41) is 0. The fourth-order valence-electron chi connectivity index (χ4n) is 1.69. The van der Waals surface area contributed by atoms with Crippen molar-refractivity contribution in [3.8, 4) is 17.2 Å². The Hall–Kier alpha value is -1.98. The van der Waals surface area contributed by atoms with Gasteiger partial charge in [0.05, 0.1) is 5.56 Å². The maximum atomic E-state index is 5.90. The maximum Gasteiger partial charge on any atom is 0.135 e. The Balaban J connectivity index is 2.14. The summed E-state index contributed by atoms with van der Waals surface area (Å²) in [5.74, 6) is 4.14. The van der Waals surface area contributed by atoms with E-state index in [0.29, 0.717) is 6.61 Å². The molecular weight excluding hydrogens is 260 g/mol. The zero-order chi connectivity index (χ0) is 14.4. The van der Waals surface area contributed by atoms with Crippen molar-refractivity contribution in [1.29, 1.82) is 0 Å². The molecule has 2 aromatic rings. The van der Waals surface area contributed by atoms with Gasteiger partial charge in [-0.05, 0) is 17.7 Å². The molecule has 20 heavy (non-hydrogen) atoms. The van der Waals surface area contributed by atoms with E-state index in [1.807, 2.05) is 42.5 Å². The van der Waals surface area contributed by atoms with Crippen LogP contribution >= 0.6 is 0 Å². The van der Waals surface area contributed by atoms with Gasteiger partial charge in [-0.25, -0.2) is 0 Å². The molecule has 102 valence electrons. The number of rotatable bonds is 3. The van der Waals surface area contributed by atoms with Crippen molar-refractivity contribution in [1.82, 2.24) is 0 Å². The third-order valence-electron chi connectivity index (χ3n) is 2.70. The smallest absolute Gasteiger partial charge is 0.135 e. The lowest BCUT2D eigenvalue weighted by Crippen LogP contribution is -2.16. The van der Waals surface area contributed by atoms with Gasteiger partial charge in [-0.3, -0.25) is 0 Å². The monoisotopic (exact) mass is 280 g/mol. The number of ether oxygens (including phenoxy) is 1. The van der Waals surface area contributed by atoms with E-state index in [9.17, 15) is 0 Å². The molecule has 0 spiro atoms. The summed E-state index contributed by atoms with van der Waals surface area (Å²) in [6, 6.07) is 18.2. The Morgan fingerprint density at radius 1 is 0.900 bits per heavy atom. The molecule has 1 nitrogen and oxygen atoms in total. The number of hydrogen-bond acceptors (Lipinski definition) is 1. The van der Waals surface area contributed by atoms with Crippen molar-refractivity contribution in [3.05, 3.63) is 65.7 Å². The van der Waals surface area contributed by atoms with E-state index in [1.54, 1.807) is 0 Å². The lowest BCUT2D eigenvalue weighted by molar-refractivity contribution is 0.305. The Morgan fingerprint density at radius 2 is 1.55 bits per heavy atom. The first-order valence-corrected chi connectivity index (χ1v) is 10.3. The van der Waals surface area contributed by atoms with Crippen molar-refractivity contribution in [2.24, 2.45) is 0 Å². The summed E-state index contributed by atoms with van der Waals surface area (Å²) in [7, 11) is -1.37. The molecule has 2 rings (SSSR count). The zero-order valence-electron chi connectivity index (χ0n) is 12.3. The van der Waals surface area contributed by atoms with Crippen molar-refractivity contribution in [3.63, 3.8) is 0 Å².